The van der Waals surface area contributed by atoms with Crippen LogP contribution in [0, 0.1) is 0 Å². The molecule has 36 heavy (non-hydrogen) atoms. The number of carbonyl (C=O) groups excluding carboxylic acids is 2. The number of benzene rings is 3. The van der Waals surface area contributed by atoms with E-state index in [0.717, 1.165) is 12.1 Å². The minimum absolute atomic E-state index is 0.164. The fraction of sp³-hybridized carbons (Fsp3) is 0.120. The second kappa shape index (κ2) is 10.3. The summed E-state index contributed by atoms with van der Waals surface area (Å²) in [5.74, 6) is -1.53. The Balaban J connectivity index is 1.61. The zero-order chi connectivity index (χ0) is 25.9. The predicted octanol–water partition coefficient (Wildman–Crippen LogP) is 4.59. The Labute approximate surface area is 212 Å². The van der Waals surface area contributed by atoms with Gasteiger partial charge in [-0.15, -0.1) is 0 Å². The second-order valence-electron chi connectivity index (χ2n) is 7.79. The molecule has 0 unspecified atom stereocenters. The molecule has 3 aromatic carbocycles. The van der Waals surface area contributed by atoms with Gasteiger partial charge in [0.2, 0.25) is 0 Å². The third kappa shape index (κ3) is 5.61. The number of para-hydroxylation sites is 1. The lowest BCUT2D eigenvalue weighted by molar-refractivity contribution is -0.118. The molecule has 2 amide bonds. The first kappa shape index (κ1) is 25.1. The Bertz CT molecular complexity index is 1550. The molecule has 0 aliphatic heterocycles. The van der Waals surface area contributed by atoms with Gasteiger partial charge in [-0.25, -0.2) is 8.42 Å². The van der Waals surface area contributed by atoms with E-state index >= 15 is 0 Å². The van der Waals surface area contributed by atoms with Crippen LogP contribution in [0.3, 0.4) is 0 Å². The van der Waals surface area contributed by atoms with Gasteiger partial charge >= 0.3 is 0 Å². The number of fused-ring (bicyclic) bond motifs is 1. The van der Waals surface area contributed by atoms with Gasteiger partial charge in [-0.05, 0) is 48.5 Å². The van der Waals surface area contributed by atoms with Crippen LogP contribution in [0.4, 0.5) is 11.4 Å². The van der Waals surface area contributed by atoms with Crippen molar-refractivity contribution in [3.05, 3.63) is 77.4 Å². The Morgan fingerprint density at radius 2 is 1.69 bits per heavy atom. The number of sulfone groups is 1. The van der Waals surface area contributed by atoms with E-state index in [0.29, 0.717) is 21.7 Å². The number of anilines is 2. The molecule has 4 rings (SSSR count). The number of aromatic hydroxyl groups is 1. The van der Waals surface area contributed by atoms with Crippen LogP contribution < -0.4 is 15.4 Å². The summed E-state index contributed by atoms with van der Waals surface area (Å²) < 4.78 is 30.5. The van der Waals surface area contributed by atoms with Crippen LogP contribution in [-0.4, -0.2) is 42.7 Å². The average Bonchev–Trinajstić information content (AvgIpc) is 3.29. The monoisotopic (exact) mass is 527 g/mol. The molecule has 186 valence electrons. The van der Waals surface area contributed by atoms with Crippen LogP contribution in [0.25, 0.3) is 10.9 Å². The van der Waals surface area contributed by atoms with E-state index in [4.69, 9.17) is 16.3 Å². The molecule has 4 N–H and O–H groups in total. The van der Waals surface area contributed by atoms with Gasteiger partial charge in [0.25, 0.3) is 11.8 Å². The Morgan fingerprint density at radius 1 is 1.00 bits per heavy atom. The summed E-state index contributed by atoms with van der Waals surface area (Å²) in [7, 11) is -3.74. The first-order valence-electron chi connectivity index (χ1n) is 10.8. The molecule has 0 aliphatic carbocycles. The molecule has 0 saturated heterocycles. The number of rotatable bonds is 8. The highest BCUT2D eigenvalue weighted by atomic mass is 35.5. The Morgan fingerprint density at radius 3 is 2.39 bits per heavy atom. The van der Waals surface area contributed by atoms with E-state index < -0.39 is 27.4 Å². The number of H-pyrrole nitrogens is 1. The van der Waals surface area contributed by atoms with E-state index in [1.807, 2.05) is 0 Å². The van der Waals surface area contributed by atoms with Crippen LogP contribution in [0.2, 0.25) is 5.02 Å². The molecule has 0 radical (unpaired) electrons. The largest absolute Gasteiger partial charge is 0.504 e. The van der Waals surface area contributed by atoms with E-state index in [2.05, 4.69) is 15.6 Å². The third-order valence-electron chi connectivity index (χ3n) is 5.29. The lowest BCUT2D eigenvalue weighted by atomic mass is 10.2. The van der Waals surface area contributed by atoms with Crippen molar-refractivity contribution in [3.63, 3.8) is 0 Å². The van der Waals surface area contributed by atoms with Gasteiger partial charge in [0, 0.05) is 15.9 Å². The summed E-state index contributed by atoms with van der Waals surface area (Å²) in [5, 5.41) is 16.9. The molecule has 0 atom stereocenters. The van der Waals surface area contributed by atoms with Gasteiger partial charge in [-0.2, -0.15) is 0 Å². The number of halogens is 1. The molecule has 0 saturated carbocycles. The number of phenolic OH excluding ortho intramolecular Hbond substituents is 1. The first-order chi connectivity index (χ1) is 17.2. The standard InChI is InChI=1S/C25H22ClN3O6S/c1-2-36(33,34)18-12-20(28-23(30)14-35-17-6-4-3-5-7-17)24(31)21(13-18)29-25(32)22-11-15-10-16(26)8-9-19(15)27-22/h3-13,27,31H,2,14H2,1H3,(H,28,30)(H,29,32). The summed E-state index contributed by atoms with van der Waals surface area (Å²) in [4.78, 5) is 28.1. The molecule has 0 fully saturated rings. The summed E-state index contributed by atoms with van der Waals surface area (Å²) in [6.45, 7) is 1.08. The predicted molar refractivity (Wildman–Crippen MR) is 138 cm³/mol. The van der Waals surface area contributed by atoms with Gasteiger partial charge in [-0.1, -0.05) is 36.7 Å². The SMILES string of the molecule is CCS(=O)(=O)c1cc(NC(=O)COc2ccccc2)c(O)c(NC(=O)c2cc3cc(Cl)ccc3[nH]2)c1. The smallest absolute Gasteiger partial charge is 0.272 e. The normalized spacial score (nSPS) is 11.3. The highest BCUT2D eigenvalue weighted by Gasteiger charge is 2.21. The molecule has 11 heteroatoms. The summed E-state index contributed by atoms with van der Waals surface area (Å²) >= 11 is 6.00. The number of amides is 2. The van der Waals surface area contributed by atoms with Gasteiger partial charge < -0.3 is 25.5 Å². The number of nitrogens with one attached hydrogen (secondary N) is 3. The average molecular weight is 528 g/mol. The number of ether oxygens (including phenoxy) is 1. The van der Waals surface area contributed by atoms with Crippen LogP contribution in [0.1, 0.15) is 17.4 Å². The van der Waals surface area contributed by atoms with Crippen molar-refractivity contribution in [1.29, 1.82) is 0 Å². The topological polar surface area (TPSA) is 138 Å². The fourth-order valence-corrected chi connectivity index (χ4v) is 4.52. The summed E-state index contributed by atoms with van der Waals surface area (Å²) in [5.41, 5.74) is 0.454. The van der Waals surface area contributed by atoms with Crippen molar-refractivity contribution in [1.82, 2.24) is 4.98 Å². The molecule has 9 nitrogen and oxygen atoms in total. The van der Waals surface area contributed by atoms with Crippen LogP contribution in [0.5, 0.6) is 11.5 Å². The van der Waals surface area contributed by atoms with E-state index in [1.54, 1.807) is 54.6 Å². The molecule has 0 bridgehead atoms. The quantitative estimate of drug-likeness (QED) is 0.247. The lowest BCUT2D eigenvalue weighted by Crippen LogP contribution is -2.21. The van der Waals surface area contributed by atoms with Crippen molar-refractivity contribution in [2.24, 2.45) is 0 Å². The van der Waals surface area contributed by atoms with Crippen molar-refractivity contribution >= 4 is 55.5 Å². The maximum Gasteiger partial charge on any atom is 0.272 e. The van der Waals surface area contributed by atoms with Crippen molar-refractivity contribution in [3.8, 4) is 11.5 Å². The van der Waals surface area contributed by atoms with Crippen LogP contribution >= 0.6 is 11.6 Å². The zero-order valence-corrected chi connectivity index (χ0v) is 20.6. The second-order valence-corrected chi connectivity index (χ2v) is 10.5. The number of aromatic amines is 1. The molecule has 1 aromatic heterocycles. The first-order valence-corrected chi connectivity index (χ1v) is 12.9. The maximum atomic E-state index is 12.9. The molecular weight excluding hydrogens is 506 g/mol. The van der Waals surface area contributed by atoms with Gasteiger partial charge in [-0.3, -0.25) is 9.59 Å². The highest BCUT2D eigenvalue weighted by Crippen LogP contribution is 2.36. The van der Waals surface area contributed by atoms with E-state index in [9.17, 15) is 23.1 Å². The number of phenols is 1. The van der Waals surface area contributed by atoms with E-state index in [1.165, 1.54) is 6.92 Å². The fourth-order valence-electron chi connectivity index (χ4n) is 3.41. The Hall–Kier alpha value is -4.02. The maximum absolute atomic E-state index is 12.9. The molecule has 1 heterocycles. The van der Waals surface area contributed by atoms with Crippen molar-refractivity contribution in [2.45, 2.75) is 11.8 Å². The van der Waals surface area contributed by atoms with Crippen LogP contribution in [0.15, 0.2) is 71.6 Å². The molecular formula is C25H22ClN3O6S. The summed E-state index contributed by atoms with van der Waals surface area (Å²) in [6, 6.07) is 17.5. The van der Waals surface area contributed by atoms with E-state index in [-0.39, 0.29) is 34.3 Å². The summed E-state index contributed by atoms with van der Waals surface area (Å²) in [6.07, 6.45) is 0. The molecule has 4 aromatic rings. The number of hydrogen-bond acceptors (Lipinski definition) is 6. The minimum Gasteiger partial charge on any atom is -0.504 e. The van der Waals surface area contributed by atoms with Crippen LogP contribution in [-0.2, 0) is 14.6 Å². The van der Waals surface area contributed by atoms with Gasteiger partial charge in [0.15, 0.2) is 22.2 Å². The zero-order valence-electron chi connectivity index (χ0n) is 19.0. The number of carbonyl (C=O) groups is 2. The minimum atomic E-state index is -3.74. The third-order valence-corrected chi connectivity index (χ3v) is 7.23. The number of hydrogen-bond donors (Lipinski definition) is 4. The van der Waals surface area contributed by atoms with Crippen molar-refractivity contribution < 1.29 is 27.9 Å². The molecule has 0 aliphatic rings. The highest BCUT2D eigenvalue weighted by molar-refractivity contribution is 7.91. The molecule has 0 spiro atoms. The van der Waals surface area contributed by atoms with Gasteiger partial charge in [0.05, 0.1) is 22.0 Å². The van der Waals surface area contributed by atoms with Crippen molar-refractivity contribution in [2.75, 3.05) is 23.0 Å². The van der Waals surface area contributed by atoms with Gasteiger partial charge in [0.1, 0.15) is 11.4 Å². The number of aromatic nitrogens is 1. The lowest BCUT2D eigenvalue weighted by Gasteiger charge is -2.15. The Kier molecular flexibility index (Phi) is 7.18.